The Morgan fingerprint density at radius 3 is 2.08 bits per heavy atom. The lowest BCUT2D eigenvalue weighted by Gasteiger charge is -2.36. The fraction of sp³-hybridized carbons (Fsp3) is 0.778. The van der Waals surface area contributed by atoms with Gasteiger partial charge in [-0.3, -0.25) is 0 Å². The highest BCUT2D eigenvalue weighted by molar-refractivity contribution is 6.42. The molecule has 1 rings (SSSR count). The molecular formula is C9H19BNO2-. The molecule has 0 bridgehead atoms. The van der Waals surface area contributed by atoms with Gasteiger partial charge in [0.1, 0.15) is 0 Å². The second-order valence-electron chi connectivity index (χ2n) is 4.46. The van der Waals surface area contributed by atoms with Crippen molar-refractivity contribution in [3.63, 3.8) is 0 Å². The van der Waals surface area contributed by atoms with E-state index in [0.29, 0.717) is 0 Å². The molecule has 0 aliphatic carbocycles. The highest BCUT2D eigenvalue weighted by Crippen LogP contribution is 2.35. The van der Waals surface area contributed by atoms with Gasteiger partial charge in [0.15, 0.2) is 0 Å². The maximum Gasteiger partial charge on any atom is 0.301 e. The quantitative estimate of drug-likeness (QED) is 0.525. The van der Waals surface area contributed by atoms with Crippen molar-refractivity contribution < 1.29 is 9.31 Å². The molecule has 0 aromatic rings. The van der Waals surface area contributed by atoms with E-state index in [4.69, 9.17) is 9.31 Å². The molecule has 0 aromatic carbocycles. The van der Waals surface area contributed by atoms with Crippen LogP contribution in [0.5, 0.6) is 0 Å². The minimum atomic E-state index is -1.13. The molecule has 1 aliphatic heterocycles. The molecule has 1 N–H and O–H groups in total. The van der Waals surface area contributed by atoms with Gasteiger partial charge in [0.2, 0.25) is 0 Å². The summed E-state index contributed by atoms with van der Waals surface area (Å²) in [5, 5.41) is 3.16. The molecule has 1 saturated heterocycles. The summed E-state index contributed by atoms with van der Waals surface area (Å²) in [7, 11) is -1.13. The van der Waals surface area contributed by atoms with Crippen LogP contribution in [0, 0.1) is 0 Å². The Labute approximate surface area is 80.7 Å². The van der Waals surface area contributed by atoms with E-state index in [1.807, 2.05) is 0 Å². The smallest absolute Gasteiger partial charge is 0.301 e. The largest absolute Gasteiger partial charge is 0.551 e. The van der Waals surface area contributed by atoms with E-state index in [1.165, 1.54) is 0 Å². The van der Waals surface area contributed by atoms with Gasteiger partial charge in [0, 0.05) is 11.2 Å². The van der Waals surface area contributed by atoms with Gasteiger partial charge >= 0.3 is 7.25 Å². The van der Waals surface area contributed by atoms with Gasteiger partial charge in [-0.05, 0) is 34.2 Å². The number of hydrogen-bond acceptors (Lipinski definition) is 3. The molecule has 13 heavy (non-hydrogen) atoms. The SMILES string of the molecule is C=CCN[BH-]1OC(C)(C)C(C)(C)O1. The zero-order valence-electron chi connectivity index (χ0n) is 9.02. The molecule has 0 spiro atoms. The average Bonchev–Trinajstić information content (AvgIpc) is 2.17. The summed E-state index contributed by atoms with van der Waals surface area (Å²) in [5.74, 6) is 0. The van der Waals surface area contributed by atoms with Crippen LogP contribution < -0.4 is 5.23 Å². The summed E-state index contributed by atoms with van der Waals surface area (Å²) in [4.78, 5) is 0. The van der Waals surface area contributed by atoms with Crippen LogP contribution in [0.4, 0.5) is 0 Å². The van der Waals surface area contributed by atoms with Crippen molar-refractivity contribution in [3.05, 3.63) is 12.7 Å². The molecule has 0 saturated carbocycles. The zero-order chi connectivity index (χ0) is 10.1. The van der Waals surface area contributed by atoms with Crippen LogP contribution in [0.3, 0.4) is 0 Å². The molecule has 0 amide bonds. The van der Waals surface area contributed by atoms with Crippen molar-refractivity contribution in [1.29, 1.82) is 0 Å². The lowest BCUT2D eigenvalue weighted by atomic mass is 9.90. The first kappa shape index (κ1) is 10.8. The minimum absolute atomic E-state index is 0.221. The Bertz CT molecular complexity index is 188. The molecule has 1 fully saturated rings. The summed E-state index contributed by atoms with van der Waals surface area (Å²) in [6.45, 7) is 12.6. The highest BCUT2D eigenvalue weighted by atomic mass is 16.7. The van der Waals surface area contributed by atoms with Gasteiger partial charge in [-0.15, -0.1) is 6.58 Å². The molecule has 76 valence electrons. The maximum absolute atomic E-state index is 5.77. The molecule has 4 heteroatoms. The predicted molar refractivity (Wildman–Crippen MR) is 55.7 cm³/mol. The van der Waals surface area contributed by atoms with Gasteiger partial charge in [-0.25, -0.2) is 0 Å². The fourth-order valence-electron chi connectivity index (χ4n) is 1.35. The summed E-state index contributed by atoms with van der Waals surface area (Å²) < 4.78 is 11.5. The second-order valence-corrected chi connectivity index (χ2v) is 4.46. The molecule has 0 atom stereocenters. The van der Waals surface area contributed by atoms with Gasteiger partial charge in [0.05, 0.1) is 0 Å². The molecular weight excluding hydrogens is 165 g/mol. The lowest BCUT2D eigenvalue weighted by Crippen LogP contribution is -2.41. The van der Waals surface area contributed by atoms with Crippen LogP contribution in [0.25, 0.3) is 0 Å². The van der Waals surface area contributed by atoms with Gasteiger partial charge in [-0.1, -0.05) is 6.08 Å². The van der Waals surface area contributed by atoms with Crippen LogP contribution in [0.2, 0.25) is 0 Å². The summed E-state index contributed by atoms with van der Waals surface area (Å²) >= 11 is 0. The number of nitrogens with one attached hydrogen (secondary N) is 1. The fourth-order valence-corrected chi connectivity index (χ4v) is 1.35. The first-order valence-electron chi connectivity index (χ1n) is 4.76. The summed E-state index contributed by atoms with van der Waals surface area (Å²) in [5.41, 5.74) is -0.442. The third-order valence-corrected chi connectivity index (χ3v) is 2.93. The monoisotopic (exact) mass is 184 g/mol. The van der Waals surface area contributed by atoms with Crippen molar-refractivity contribution in [3.8, 4) is 0 Å². The van der Waals surface area contributed by atoms with Crippen LogP contribution in [-0.2, 0) is 9.31 Å². The van der Waals surface area contributed by atoms with Gasteiger partial charge in [0.25, 0.3) is 0 Å². The summed E-state index contributed by atoms with van der Waals surface area (Å²) in [6.07, 6.45) is 1.80. The van der Waals surface area contributed by atoms with E-state index in [2.05, 4.69) is 39.5 Å². The van der Waals surface area contributed by atoms with Crippen molar-refractivity contribution in [2.75, 3.05) is 6.54 Å². The third kappa shape index (κ3) is 2.13. The first-order chi connectivity index (χ1) is 5.89. The third-order valence-electron chi connectivity index (χ3n) is 2.93. The van der Waals surface area contributed by atoms with Gasteiger partial charge < -0.3 is 14.5 Å². The summed E-state index contributed by atoms with van der Waals surface area (Å²) in [6, 6.07) is 0. The number of hydrogen-bond donors (Lipinski definition) is 1. The lowest BCUT2D eigenvalue weighted by molar-refractivity contribution is 0.00578. The highest BCUT2D eigenvalue weighted by Gasteiger charge is 2.42. The Morgan fingerprint density at radius 2 is 1.69 bits per heavy atom. The maximum atomic E-state index is 5.77. The van der Waals surface area contributed by atoms with E-state index in [1.54, 1.807) is 6.08 Å². The second kappa shape index (κ2) is 3.44. The van der Waals surface area contributed by atoms with Gasteiger partial charge in [-0.2, -0.15) is 0 Å². The number of rotatable bonds is 3. The Hall–Kier alpha value is -0.315. The van der Waals surface area contributed by atoms with Crippen LogP contribution in [0.1, 0.15) is 27.7 Å². The van der Waals surface area contributed by atoms with Crippen molar-refractivity contribution in [2.45, 2.75) is 38.9 Å². The zero-order valence-corrected chi connectivity index (χ0v) is 9.02. The molecule has 1 heterocycles. The van der Waals surface area contributed by atoms with Crippen LogP contribution >= 0.6 is 0 Å². The average molecular weight is 184 g/mol. The predicted octanol–water partition coefficient (Wildman–Crippen LogP) is 1.08. The molecule has 0 radical (unpaired) electrons. The normalized spacial score (nSPS) is 26.2. The molecule has 0 aromatic heterocycles. The van der Waals surface area contributed by atoms with E-state index >= 15 is 0 Å². The van der Waals surface area contributed by atoms with Crippen molar-refractivity contribution in [1.82, 2.24) is 5.23 Å². The van der Waals surface area contributed by atoms with E-state index in [9.17, 15) is 0 Å². The Kier molecular flexibility index (Phi) is 2.85. The standard InChI is InChI=1S/C9H19BNO2/c1-6-7-11-10-12-8(2,3)9(4,5)13-10/h6,10-11H,1,7H2,2-5H3/q-1. The van der Waals surface area contributed by atoms with Crippen LogP contribution in [-0.4, -0.2) is 25.0 Å². The molecule has 3 nitrogen and oxygen atoms in total. The van der Waals surface area contributed by atoms with E-state index in [0.717, 1.165) is 6.54 Å². The van der Waals surface area contributed by atoms with Crippen molar-refractivity contribution >= 4 is 7.25 Å². The molecule has 1 aliphatic rings. The minimum Gasteiger partial charge on any atom is -0.551 e. The van der Waals surface area contributed by atoms with Crippen LogP contribution in [0.15, 0.2) is 12.7 Å². The van der Waals surface area contributed by atoms with E-state index < -0.39 is 7.25 Å². The Balaban J connectivity index is 2.54. The van der Waals surface area contributed by atoms with E-state index in [-0.39, 0.29) is 11.2 Å². The Morgan fingerprint density at radius 1 is 1.23 bits per heavy atom. The topological polar surface area (TPSA) is 30.5 Å². The van der Waals surface area contributed by atoms with Crippen molar-refractivity contribution in [2.24, 2.45) is 0 Å². The first-order valence-corrected chi connectivity index (χ1v) is 4.76. The molecule has 0 unspecified atom stereocenters.